The Bertz CT molecular complexity index is 519. The number of nitrogens with two attached hydrogens (primary N) is 1. The molecular weight excluding hydrogens is 328 g/mol. The fourth-order valence-corrected chi connectivity index (χ4v) is 3.03. The second kappa shape index (κ2) is 13.3. The van der Waals surface area contributed by atoms with Crippen LogP contribution in [0.3, 0.4) is 0 Å². The predicted octanol–water partition coefficient (Wildman–Crippen LogP) is 3.09. The number of nitrogens with one attached hydrogen (secondary N) is 1. The summed E-state index contributed by atoms with van der Waals surface area (Å²) in [5.74, 6) is -0.629. The van der Waals surface area contributed by atoms with E-state index in [2.05, 4.69) is 12.2 Å². The van der Waals surface area contributed by atoms with Crippen molar-refractivity contribution in [2.45, 2.75) is 83.3 Å². The van der Waals surface area contributed by atoms with Gasteiger partial charge in [-0.15, -0.1) is 0 Å². The number of aliphatic hydroxyl groups is 1. The number of amides is 2. The smallest absolute Gasteiger partial charge is 0.220 e. The molecule has 0 saturated heterocycles. The fraction of sp³-hybridized carbons (Fsp3) is 0.619. The Morgan fingerprint density at radius 1 is 1.08 bits per heavy atom. The van der Waals surface area contributed by atoms with Crippen molar-refractivity contribution in [3.05, 3.63) is 35.9 Å². The molecule has 2 atom stereocenters. The van der Waals surface area contributed by atoms with Gasteiger partial charge in [0.15, 0.2) is 0 Å². The lowest BCUT2D eigenvalue weighted by molar-refractivity contribution is -0.124. The first-order valence-electron chi connectivity index (χ1n) is 9.82. The van der Waals surface area contributed by atoms with Gasteiger partial charge in [-0.05, 0) is 31.2 Å². The highest BCUT2D eigenvalue weighted by molar-refractivity contribution is 5.78. The maximum Gasteiger partial charge on any atom is 0.220 e. The van der Waals surface area contributed by atoms with Crippen LogP contribution in [-0.2, 0) is 16.0 Å². The number of carbonyl (C=O) groups is 2. The lowest BCUT2D eigenvalue weighted by atomic mass is 9.99. The molecule has 1 rings (SSSR count). The van der Waals surface area contributed by atoms with Gasteiger partial charge in [0.1, 0.15) is 0 Å². The number of benzene rings is 1. The monoisotopic (exact) mass is 362 g/mol. The first kappa shape index (κ1) is 22.2. The van der Waals surface area contributed by atoms with E-state index in [0.29, 0.717) is 12.8 Å². The van der Waals surface area contributed by atoms with Crippen LogP contribution in [0, 0.1) is 0 Å². The summed E-state index contributed by atoms with van der Waals surface area (Å²) in [5.41, 5.74) is 6.49. The van der Waals surface area contributed by atoms with E-state index in [-0.39, 0.29) is 12.3 Å². The second-order valence-corrected chi connectivity index (χ2v) is 6.95. The quantitative estimate of drug-likeness (QED) is 0.444. The van der Waals surface area contributed by atoms with E-state index in [1.165, 1.54) is 18.4 Å². The zero-order valence-corrected chi connectivity index (χ0v) is 16.0. The summed E-state index contributed by atoms with van der Waals surface area (Å²) in [5, 5.41) is 13.2. The maximum absolute atomic E-state index is 12.1. The van der Waals surface area contributed by atoms with Crippen LogP contribution in [0.15, 0.2) is 30.3 Å². The Morgan fingerprint density at radius 3 is 2.42 bits per heavy atom. The molecule has 0 heterocycles. The van der Waals surface area contributed by atoms with E-state index in [1.54, 1.807) is 0 Å². The average Bonchev–Trinajstić information content (AvgIpc) is 2.61. The van der Waals surface area contributed by atoms with Gasteiger partial charge in [-0.2, -0.15) is 0 Å². The summed E-state index contributed by atoms with van der Waals surface area (Å²) in [6.45, 7) is 2.15. The SMILES string of the molecule is CCCCCCCC(=O)N[C@@H](CC(N)=O)[C@H](O)CCCc1ccccc1. The van der Waals surface area contributed by atoms with Gasteiger partial charge in [0, 0.05) is 12.8 Å². The molecule has 0 aliphatic carbocycles. The Hall–Kier alpha value is -1.88. The highest BCUT2D eigenvalue weighted by Crippen LogP contribution is 2.12. The van der Waals surface area contributed by atoms with Gasteiger partial charge >= 0.3 is 0 Å². The fourth-order valence-electron chi connectivity index (χ4n) is 3.03. The van der Waals surface area contributed by atoms with Crippen LogP contribution in [0.1, 0.15) is 70.3 Å². The molecule has 0 aromatic heterocycles. The van der Waals surface area contributed by atoms with Crippen molar-refractivity contribution in [1.82, 2.24) is 5.32 Å². The lowest BCUT2D eigenvalue weighted by Gasteiger charge is -2.23. The predicted molar refractivity (Wildman–Crippen MR) is 105 cm³/mol. The van der Waals surface area contributed by atoms with Crippen molar-refractivity contribution in [1.29, 1.82) is 0 Å². The molecule has 5 heteroatoms. The molecule has 1 aromatic carbocycles. The Balaban J connectivity index is 2.38. The minimum Gasteiger partial charge on any atom is -0.391 e. The molecule has 0 spiro atoms. The van der Waals surface area contributed by atoms with Crippen molar-refractivity contribution in [2.75, 3.05) is 0 Å². The van der Waals surface area contributed by atoms with Gasteiger partial charge in [0.05, 0.1) is 12.1 Å². The standard InChI is InChI=1S/C21H34N2O3/c1-2-3-4-5-9-15-21(26)23-18(16-20(22)25)19(24)14-10-13-17-11-7-6-8-12-17/h6-8,11-12,18-19,24H,2-5,9-10,13-16H2,1H3,(H2,22,25)(H,23,26)/t18-,19+/m0/s1. The minimum absolute atomic E-state index is 0.0337. The molecule has 0 aliphatic heterocycles. The van der Waals surface area contributed by atoms with E-state index in [1.807, 2.05) is 30.3 Å². The Morgan fingerprint density at radius 2 is 1.77 bits per heavy atom. The van der Waals surface area contributed by atoms with Gasteiger partial charge in [0.25, 0.3) is 0 Å². The van der Waals surface area contributed by atoms with Gasteiger partial charge in [-0.3, -0.25) is 9.59 Å². The van der Waals surface area contributed by atoms with Crippen molar-refractivity contribution >= 4 is 11.8 Å². The van der Waals surface area contributed by atoms with E-state index in [0.717, 1.165) is 32.1 Å². The highest BCUT2D eigenvalue weighted by Gasteiger charge is 2.22. The molecule has 0 saturated carbocycles. The molecule has 5 nitrogen and oxygen atoms in total. The van der Waals surface area contributed by atoms with E-state index < -0.39 is 18.1 Å². The average molecular weight is 363 g/mol. The molecular formula is C21H34N2O3. The van der Waals surface area contributed by atoms with Gasteiger partial charge in [-0.1, -0.05) is 62.9 Å². The number of aliphatic hydroxyl groups excluding tert-OH is 1. The number of rotatable bonds is 14. The molecule has 146 valence electrons. The van der Waals surface area contributed by atoms with E-state index in [9.17, 15) is 14.7 Å². The van der Waals surface area contributed by atoms with Crippen molar-refractivity contribution in [3.8, 4) is 0 Å². The Labute approximate surface area is 157 Å². The number of hydrogen-bond acceptors (Lipinski definition) is 3. The molecule has 0 bridgehead atoms. The zero-order valence-electron chi connectivity index (χ0n) is 16.0. The summed E-state index contributed by atoms with van der Waals surface area (Å²) in [7, 11) is 0. The van der Waals surface area contributed by atoms with Crippen molar-refractivity contribution in [3.63, 3.8) is 0 Å². The summed E-state index contributed by atoms with van der Waals surface area (Å²) < 4.78 is 0. The van der Waals surface area contributed by atoms with E-state index in [4.69, 9.17) is 5.73 Å². The largest absolute Gasteiger partial charge is 0.391 e. The number of unbranched alkanes of at least 4 members (excludes halogenated alkanes) is 4. The van der Waals surface area contributed by atoms with E-state index >= 15 is 0 Å². The maximum atomic E-state index is 12.1. The topological polar surface area (TPSA) is 92.4 Å². The molecule has 4 N–H and O–H groups in total. The van der Waals surface area contributed by atoms with Crippen LogP contribution in [0.25, 0.3) is 0 Å². The molecule has 0 aliphatic rings. The first-order valence-corrected chi connectivity index (χ1v) is 9.82. The lowest BCUT2D eigenvalue weighted by Crippen LogP contribution is -2.45. The van der Waals surface area contributed by atoms with Gasteiger partial charge in [0.2, 0.25) is 11.8 Å². The Kier molecular flexibility index (Phi) is 11.4. The molecule has 26 heavy (non-hydrogen) atoms. The molecule has 0 fully saturated rings. The summed E-state index contributed by atoms with van der Waals surface area (Å²) >= 11 is 0. The molecule has 0 radical (unpaired) electrons. The molecule has 0 unspecified atom stereocenters. The number of aryl methyl sites for hydroxylation is 1. The van der Waals surface area contributed by atoms with Gasteiger partial charge < -0.3 is 16.2 Å². The molecule has 2 amide bonds. The summed E-state index contributed by atoms with van der Waals surface area (Å²) in [4.78, 5) is 23.4. The van der Waals surface area contributed by atoms with Crippen LogP contribution in [0.4, 0.5) is 0 Å². The highest BCUT2D eigenvalue weighted by atomic mass is 16.3. The van der Waals surface area contributed by atoms with Crippen LogP contribution < -0.4 is 11.1 Å². The van der Waals surface area contributed by atoms with Crippen LogP contribution in [-0.4, -0.2) is 29.1 Å². The number of hydrogen-bond donors (Lipinski definition) is 3. The third kappa shape index (κ3) is 10.2. The third-order valence-corrected chi connectivity index (χ3v) is 4.55. The van der Waals surface area contributed by atoms with Crippen LogP contribution >= 0.6 is 0 Å². The summed E-state index contributed by atoms with van der Waals surface area (Å²) in [6, 6.07) is 9.44. The minimum atomic E-state index is -0.768. The van der Waals surface area contributed by atoms with Crippen molar-refractivity contribution in [2.24, 2.45) is 5.73 Å². The van der Waals surface area contributed by atoms with Crippen LogP contribution in [0.5, 0.6) is 0 Å². The van der Waals surface area contributed by atoms with Crippen molar-refractivity contribution < 1.29 is 14.7 Å². The van der Waals surface area contributed by atoms with Crippen LogP contribution in [0.2, 0.25) is 0 Å². The normalized spacial score (nSPS) is 13.2. The summed E-state index contributed by atoms with van der Waals surface area (Å²) in [6.07, 6.45) is 7.13. The zero-order chi connectivity index (χ0) is 19.2. The number of carbonyl (C=O) groups excluding carboxylic acids is 2. The second-order valence-electron chi connectivity index (χ2n) is 6.95. The third-order valence-electron chi connectivity index (χ3n) is 4.55. The molecule has 1 aromatic rings. The first-order chi connectivity index (χ1) is 12.5. The number of primary amides is 1. The van der Waals surface area contributed by atoms with Gasteiger partial charge in [-0.25, -0.2) is 0 Å².